The first-order valence-corrected chi connectivity index (χ1v) is 6.52. The SMILES string of the molecule is CCC(CC)N(C)c1nc(Cl)nc(-n2cncn2)n1. The quantitative estimate of drug-likeness (QED) is 0.831. The van der Waals surface area contributed by atoms with Crippen molar-refractivity contribution in [3.63, 3.8) is 0 Å². The van der Waals surface area contributed by atoms with Gasteiger partial charge in [0.25, 0.3) is 5.95 Å². The summed E-state index contributed by atoms with van der Waals surface area (Å²) in [5.74, 6) is 0.907. The van der Waals surface area contributed by atoms with Gasteiger partial charge in [0.2, 0.25) is 11.2 Å². The van der Waals surface area contributed by atoms with E-state index in [1.165, 1.54) is 17.3 Å². The van der Waals surface area contributed by atoms with Crippen LogP contribution in [0.1, 0.15) is 26.7 Å². The third-order valence-corrected chi connectivity index (χ3v) is 3.18. The van der Waals surface area contributed by atoms with E-state index in [0.717, 1.165) is 12.8 Å². The first-order chi connectivity index (χ1) is 9.15. The lowest BCUT2D eigenvalue weighted by atomic mass is 10.1. The Kier molecular flexibility index (Phi) is 4.26. The van der Waals surface area contributed by atoms with Crippen LogP contribution >= 0.6 is 11.6 Å². The second kappa shape index (κ2) is 5.92. The number of hydrogen-bond acceptors (Lipinski definition) is 6. The Labute approximate surface area is 116 Å². The molecule has 0 bridgehead atoms. The Morgan fingerprint density at radius 3 is 2.58 bits per heavy atom. The number of hydrogen-bond donors (Lipinski definition) is 0. The molecule has 0 radical (unpaired) electrons. The van der Waals surface area contributed by atoms with E-state index in [1.54, 1.807) is 0 Å². The van der Waals surface area contributed by atoms with Crippen molar-refractivity contribution in [1.82, 2.24) is 29.7 Å². The molecule has 2 heterocycles. The molecule has 0 unspecified atom stereocenters. The summed E-state index contributed by atoms with van der Waals surface area (Å²) in [6.45, 7) is 4.26. The van der Waals surface area contributed by atoms with Gasteiger partial charge in [0.05, 0.1) is 0 Å². The maximum atomic E-state index is 5.95. The van der Waals surface area contributed by atoms with Gasteiger partial charge in [0, 0.05) is 13.1 Å². The smallest absolute Gasteiger partial charge is 0.258 e. The van der Waals surface area contributed by atoms with E-state index in [-0.39, 0.29) is 5.28 Å². The molecule has 0 aromatic carbocycles. The van der Waals surface area contributed by atoms with Crippen LogP contribution in [0.3, 0.4) is 0 Å². The van der Waals surface area contributed by atoms with Crippen LogP contribution in [0.25, 0.3) is 5.95 Å². The Balaban J connectivity index is 2.36. The Morgan fingerprint density at radius 2 is 2.00 bits per heavy atom. The first-order valence-electron chi connectivity index (χ1n) is 6.15. The van der Waals surface area contributed by atoms with Crippen molar-refractivity contribution in [1.29, 1.82) is 0 Å². The number of rotatable bonds is 5. The van der Waals surface area contributed by atoms with Crippen LogP contribution in [0.4, 0.5) is 5.95 Å². The minimum absolute atomic E-state index is 0.147. The minimum Gasteiger partial charge on any atom is -0.341 e. The highest BCUT2D eigenvalue weighted by Crippen LogP contribution is 2.16. The largest absolute Gasteiger partial charge is 0.341 e. The van der Waals surface area contributed by atoms with Crippen LogP contribution in [-0.4, -0.2) is 42.8 Å². The molecule has 0 spiro atoms. The zero-order valence-corrected chi connectivity index (χ0v) is 11.9. The van der Waals surface area contributed by atoms with Gasteiger partial charge in [-0.05, 0) is 24.4 Å². The summed E-state index contributed by atoms with van der Waals surface area (Å²) in [5.41, 5.74) is 0. The number of halogens is 1. The molecule has 0 saturated heterocycles. The number of anilines is 1. The average molecular weight is 282 g/mol. The maximum Gasteiger partial charge on any atom is 0.258 e. The van der Waals surface area contributed by atoms with Gasteiger partial charge in [-0.15, -0.1) is 0 Å². The van der Waals surface area contributed by atoms with Gasteiger partial charge in [-0.3, -0.25) is 0 Å². The summed E-state index contributed by atoms with van der Waals surface area (Å²) in [5, 5.41) is 4.14. The normalized spacial score (nSPS) is 11.0. The highest BCUT2D eigenvalue weighted by Gasteiger charge is 2.16. The molecule has 0 fully saturated rings. The van der Waals surface area contributed by atoms with E-state index in [9.17, 15) is 0 Å². The van der Waals surface area contributed by atoms with E-state index < -0.39 is 0 Å². The fourth-order valence-electron chi connectivity index (χ4n) is 1.90. The van der Waals surface area contributed by atoms with Crippen molar-refractivity contribution in [3.05, 3.63) is 17.9 Å². The predicted octanol–water partition coefficient (Wildman–Crippen LogP) is 1.73. The molecule has 7 nitrogen and oxygen atoms in total. The van der Waals surface area contributed by atoms with Gasteiger partial charge >= 0.3 is 0 Å². The molecule has 0 N–H and O–H groups in total. The molecule has 0 aliphatic carbocycles. The van der Waals surface area contributed by atoms with Crippen molar-refractivity contribution in [2.45, 2.75) is 32.7 Å². The molecular formula is C11H16ClN7. The van der Waals surface area contributed by atoms with Gasteiger partial charge in [-0.2, -0.15) is 24.7 Å². The Hall–Kier alpha value is -1.76. The van der Waals surface area contributed by atoms with Crippen LogP contribution in [0.5, 0.6) is 0 Å². The lowest BCUT2D eigenvalue weighted by Gasteiger charge is -2.26. The topological polar surface area (TPSA) is 72.6 Å². The Morgan fingerprint density at radius 1 is 1.26 bits per heavy atom. The van der Waals surface area contributed by atoms with Crippen molar-refractivity contribution in [2.24, 2.45) is 0 Å². The lowest BCUT2D eigenvalue weighted by molar-refractivity contribution is 0.578. The minimum atomic E-state index is 0.147. The number of nitrogens with zero attached hydrogens (tertiary/aromatic N) is 7. The summed E-state index contributed by atoms with van der Waals surface area (Å²) >= 11 is 5.95. The standard InChI is InChI=1S/C11H16ClN7/c1-4-8(5-2)18(3)10-15-9(12)16-11(17-10)19-7-13-6-14-19/h6-8H,4-5H2,1-3H3. The fourth-order valence-corrected chi connectivity index (χ4v) is 2.05. The summed E-state index contributed by atoms with van der Waals surface area (Å²) in [4.78, 5) is 18.5. The molecule has 19 heavy (non-hydrogen) atoms. The number of aromatic nitrogens is 6. The van der Waals surface area contributed by atoms with Crippen LogP contribution in [0.15, 0.2) is 12.7 Å². The monoisotopic (exact) mass is 281 g/mol. The predicted molar refractivity (Wildman–Crippen MR) is 72.5 cm³/mol. The first kappa shape index (κ1) is 13.7. The van der Waals surface area contributed by atoms with E-state index in [2.05, 4.69) is 38.9 Å². The fraction of sp³-hybridized carbons (Fsp3) is 0.545. The molecule has 102 valence electrons. The second-order valence-corrected chi connectivity index (χ2v) is 4.46. The summed E-state index contributed by atoms with van der Waals surface area (Å²) in [6, 6.07) is 0.363. The molecule has 0 aliphatic rings. The lowest BCUT2D eigenvalue weighted by Crippen LogP contribution is -2.32. The van der Waals surface area contributed by atoms with Gasteiger partial charge < -0.3 is 4.90 Å². The van der Waals surface area contributed by atoms with Gasteiger partial charge in [0.1, 0.15) is 12.7 Å². The van der Waals surface area contributed by atoms with Crippen LogP contribution < -0.4 is 4.90 Å². The Bertz CT molecular complexity index is 524. The molecular weight excluding hydrogens is 266 g/mol. The maximum absolute atomic E-state index is 5.95. The van der Waals surface area contributed by atoms with E-state index in [4.69, 9.17) is 11.6 Å². The molecule has 0 atom stereocenters. The summed E-state index contributed by atoms with van der Waals surface area (Å²) in [7, 11) is 1.95. The third-order valence-electron chi connectivity index (χ3n) is 3.01. The van der Waals surface area contributed by atoms with Gasteiger partial charge in [0.15, 0.2) is 0 Å². The van der Waals surface area contributed by atoms with Gasteiger partial charge in [-0.25, -0.2) is 4.98 Å². The molecule has 0 aliphatic heterocycles. The molecule has 8 heteroatoms. The zero-order chi connectivity index (χ0) is 13.8. The second-order valence-electron chi connectivity index (χ2n) is 4.13. The summed E-state index contributed by atoms with van der Waals surface area (Å²) < 4.78 is 1.46. The van der Waals surface area contributed by atoms with Crippen molar-refractivity contribution in [2.75, 3.05) is 11.9 Å². The zero-order valence-electron chi connectivity index (χ0n) is 11.2. The van der Waals surface area contributed by atoms with E-state index in [1.807, 2.05) is 11.9 Å². The van der Waals surface area contributed by atoms with E-state index >= 15 is 0 Å². The summed E-state index contributed by atoms with van der Waals surface area (Å²) in [6.07, 6.45) is 4.96. The highest BCUT2D eigenvalue weighted by atomic mass is 35.5. The average Bonchev–Trinajstić information content (AvgIpc) is 2.93. The molecule has 0 saturated carbocycles. The van der Waals surface area contributed by atoms with Crippen molar-refractivity contribution in [3.8, 4) is 5.95 Å². The molecule has 0 amide bonds. The van der Waals surface area contributed by atoms with Gasteiger partial charge in [-0.1, -0.05) is 13.8 Å². The molecule has 2 aromatic rings. The highest BCUT2D eigenvalue weighted by molar-refractivity contribution is 6.28. The van der Waals surface area contributed by atoms with Crippen molar-refractivity contribution < 1.29 is 0 Å². The van der Waals surface area contributed by atoms with E-state index in [0.29, 0.717) is 17.9 Å². The van der Waals surface area contributed by atoms with Crippen molar-refractivity contribution >= 4 is 17.5 Å². The molecule has 2 rings (SSSR count). The van der Waals surface area contributed by atoms with Crippen LogP contribution in [0.2, 0.25) is 5.28 Å². The molecule has 2 aromatic heterocycles. The third kappa shape index (κ3) is 2.98. The van der Waals surface area contributed by atoms with Crippen LogP contribution in [0, 0.1) is 0 Å². The van der Waals surface area contributed by atoms with Crippen LogP contribution in [-0.2, 0) is 0 Å².